The quantitative estimate of drug-likeness (QED) is 0.367. The molecule has 2 unspecified atom stereocenters. The van der Waals surface area contributed by atoms with E-state index in [4.69, 9.17) is 4.74 Å². The lowest BCUT2D eigenvalue weighted by atomic mass is 9.84. The molecule has 0 aromatic heterocycles. The molecule has 2 aliphatic heterocycles. The molecule has 2 aliphatic rings. The second-order valence-corrected chi connectivity index (χ2v) is 8.83. The van der Waals surface area contributed by atoms with E-state index < -0.39 is 29.5 Å². The molecule has 0 aliphatic carbocycles. The number of morpholine rings is 1. The number of rotatable bonds is 7. The molecular weight excluding hydrogens is 423 g/mol. The van der Waals surface area contributed by atoms with Gasteiger partial charge < -0.3 is 9.64 Å². The highest BCUT2D eigenvalue weighted by atomic mass is 19.1. The smallest absolute Gasteiger partial charge is 0.291 e. The van der Waals surface area contributed by atoms with Gasteiger partial charge in [0.15, 0.2) is 5.78 Å². The van der Waals surface area contributed by atoms with Crippen molar-refractivity contribution in [2.75, 3.05) is 39.4 Å². The summed E-state index contributed by atoms with van der Waals surface area (Å²) in [5, 5.41) is 0. The normalized spacial score (nSPS) is 21.6. The van der Waals surface area contributed by atoms with E-state index in [9.17, 15) is 18.8 Å². The van der Waals surface area contributed by atoms with Gasteiger partial charge in [0.25, 0.3) is 5.91 Å². The summed E-state index contributed by atoms with van der Waals surface area (Å²) < 4.78 is 19.0. The maximum absolute atomic E-state index is 13.6. The van der Waals surface area contributed by atoms with Crippen LogP contribution in [0.25, 0.3) is 0 Å². The van der Waals surface area contributed by atoms with Crippen LogP contribution in [0, 0.1) is 25.6 Å². The molecule has 0 saturated carbocycles. The topological polar surface area (TPSA) is 66.9 Å². The van der Waals surface area contributed by atoms with Crippen LogP contribution in [0.4, 0.5) is 4.39 Å². The van der Waals surface area contributed by atoms with E-state index in [2.05, 4.69) is 4.90 Å². The van der Waals surface area contributed by atoms with Crippen molar-refractivity contribution in [1.82, 2.24) is 9.80 Å². The van der Waals surface area contributed by atoms with Crippen molar-refractivity contribution in [2.24, 2.45) is 5.92 Å². The zero-order valence-electron chi connectivity index (χ0n) is 19.1. The Morgan fingerprint density at radius 1 is 1.03 bits per heavy atom. The van der Waals surface area contributed by atoms with Crippen LogP contribution in [-0.2, 0) is 14.3 Å². The van der Waals surface area contributed by atoms with E-state index in [1.54, 1.807) is 18.2 Å². The van der Waals surface area contributed by atoms with Gasteiger partial charge in [-0.3, -0.25) is 19.3 Å². The second-order valence-electron chi connectivity index (χ2n) is 8.83. The van der Waals surface area contributed by atoms with Gasteiger partial charge in [0.05, 0.1) is 19.3 Å². The number of nitrogens with zero attached hydrogens (tertiary/aromatic N) is 2. The average Bonchev–Trinajstić information content (AvgIpc) is 3.06. The monoisotopic (exact) mass is 452 g/mol. The lowest BCUT2D eigenvalue weighted by molar-refractivity contribution is -0.140. The molecule has 2 saturated heterocycles. The molecule has 2 heterocycles. The van der Waals surface area contributed by atoms with Crippen molar-refractivity contribution in [3.63, 3.8) is 0 Å². The van der Waals surface area contributed by atoms with Gasteiger partial charge in [-0.05, 0) is 49.6 Å². The standard InChI is InChI=1S/C26H29FN2O4/c1-17-4-5-18(2)21(16-17)24(30)22-23(19-6-8-20(27)9-7-19)29(26(32)25(22)31)11-3-10-28-12-14-33-15-13-28/h4-9,16,22-23H,3,10-15H2,1-2H3. The molecule has 0 spiro atoms. The van der Waals surface area contributed by atoms with Gasteiger partial charge in [0.2, 0.25) is 5.78 Å². The van der Waals surface area contributed by atoms with Crippen molar-refractivity contribution in [3.8, 4) is 0 Å². The Balaban J connectivity index is 1.63. The summed E-state index contributed by atoms with van der Waals surface area (Å²) in [5.74, 6) is -3.26. The second kappa shape index (κ2) is 9.93. The highest BCUT2D eigenvalue weighted by molar-refractivity contribution is 6.44. The number of likely N-dealkylation sites (tertiary alicyclic amines) is 1. The summed E-state index contributed by atoms with van der Waals surface area (Å²) in [5.41, 5.74) is 2.70. The molecule has 0 bridgehead atoms. The first-order chi connectivity index (χ1) is 15.9. The molecule has 0 radical (unpaired) electrons. The Kier molecular flexibility index (Phi) is 7.00. The molecule has 2 atom stereocenters. The third-order valence-electron chi connectivity index (χ3n) is 6.54. The lowest BCUT2D eigenvalue weighted by Crippen LogP contribution is -2.39. The van der Waals surface area contributed by atoms with Crippen LogP contribution in [0.1, 0.15) is 39.5 Å². The fourth-order valence-corrected chi connectivity index (χ4v) is 4.72. The van der Waals surface area contributed by atoms with Crippen LogP contribution in [0.2, 0.25) is 0 Å². The zero-order chi connectivity index (χ0) is 23.5. The highest BCUT2D eigenvalue weighted by Gasteiger charge is 2.51. The minimum absolute atomic E-state index is 0.348. The van der Waals surface area contributed by atoms with Crippen LogP contribution >= 0.6 is 0 Å². The summed E-state index contributed by atoms with van der Waals surface area (Å²) in [6, 6.07) is 10.5. The minimum Gasteiger partial charge on any atom is -0.379 e. The maximum Gasteiger partial charge on any atom is 0.291 e. The zero-order valence-corrected chi connectivity index (χ0v) is 19.1. The summed E-state index contributed by atoms with van der Waals surface area (Å²) >= 11 is 0. The molecule has 174 valence electrons. The summed E-state index contributed by atoms with van der Waals surface area (Å²) in [7, 11) is 0. The van der Waals surface area contributed by atoms with E-state index >= 15 is 0 Å². The molecule has 1 amide bonds. The lowest BCUT2D eigenvalue weighted by Gasteiger charge is -2.30. The van der Waals surface area contributed by atoms with Crippen molar-refractivity contribution in [1.29, 1.82) is 0 Å². The average molecular weight is 453 g/mol. The number of hydrogen-bond donors (Lipinski definition) is 0. The Morgan fingerprint density at radius 3 is 2.42 bits per heavy atom. The van der Waals surface area contributed by atoms with Crippen LogP contribution in [0.3, 0.4) is 0 Å². The molecular formula is C26H29FN2O4. The molecule has 2 fully saturated rings. The van der Waals surface area contributed by atoms with Gasteiger partial charge in [-0.15, -0.1) is 0 Å². The first kappa shape index (κ1) is 23.3. The van der Waals surface area contributed by atoms with Gasteiger partial charge >= 0.3 is 0 Å². The van der Waals surface area contributed by atoms with Crippen LogP contribution in [0.5, 0.6) is 0 Å². The Hall–Kier alpha value is -2.90. The van der Waals surface area contributed by atoms with Crippen molar-refractivity contribution in [2.45, 2.75) is 26.3 Å². The molecule has 2 aromatic carbocycles. The van der Waals surface area contributed by atoms with Gasteiger partial charge in [-0.1, -0.05) is 29.8 Å². The van der Waals surface area contributed by atoms with Gasteiger partial charge in [0, 0.05) is 31.7 Å². The highest BCUT2D eigenvalue weighted by Crippen LogP contribution is 2.38. The van der Waals surface area contributed by atoms with Crippen molar-refractivity contribution >= 4 is 17.5 Å². The number of Topliss-reactive ketones (excluding diaryl/α,β-unsaturated/α-hetero) is 2. The largest absolute Gasteiger partial charge is 0.379 e. The van der Waals surface area contributed by atoms with Crippen molar-refractivity contribution < 1.29 is 23.5 Å². The predicted molar refractivity (Wildman–Crippen MR) is 121 cm³/mol. The number of ketones is 2. The van der Waals surface area contributed by atoms with Gasteiger partial charge in [-0.2, -0.15) is 0 Å². The number of aryl methyl sites for hydroxylation is 2. The van der Waals surface area contributed by atoms with Crippen LogP contribution < -0.4 is 0 Å². The summed E-state index contributed by atoms with van der Waals surface area (Å²) in [4.78, 5) is 43.5. The predicted octanol–water partition coefficient (Wildman–Crippen LogP) is 3.12. The van der Waals surface area contributed by atoms with E-state index in [1.165, 1.54) is 17.0 Å². The summed E-state index contributed by atoms with van der Waals surface area (Å²) in [6.45, 7) is 7.86. The number of halogens is 1. The molecule has 0 N–H and O–H groups in total. The van der Waals surface area contributed by atoms with Crippen molar-refractivity contribution in [3.05, 3.63) is 70.5 Å². The van der Waals surface area contributed by atoms with E-state index in [0.717, 1.165) is 30.8 Å². The van der Waals surface area contributed by atoms with E-state index in [1.807, 2.05) is 26.0 Å². The van der Waals surface area contributed by atoms with E-state index in [0.29, 0.717) is 37.3 Å². The van der Waals surface area contributed by atoms with Crippen LogP contribution in [-0.4, -0.2) is 66.7 Å². The first-order valence-electron chi connectivity index (χ1n) is 11.4. The molecule has 7 heteroatoms. The SMILES string of the molecule is Cc1ccc(C)c(C(=O)C2C(=O)C(=O)N(CCCN3CCOCC3)C2c2ccc(F)cc2)c1. The Bertz CT molecular complexity index is 1050. The molecule has 33 heavy (non-hydrogen) atoms. The first-order valence-corrected chi connectivity index (χ1v) is 11.4. The molecule has 6 nitrogen and oxygen atoms in total. The van der Waals surface area contributed by atoms with Crippen LogP contribution in [0.15, 0.2) is 42.5 Å². The van der Waals surface area contributed by atoms with Gasteiger partial charge in [0.1, 0.15) is 11.7 Å². The Labute approximate surface area is 193 Å². The number of benzene rings is 2. The fraction of sp³-hybridized carbons (Fsp3) is 0.423. The number of carbonyl (C=O) groups excluding carboxylic acids is 3. The number of carbonyl (C=O) groups is 3. The third-order valence-corrected chi connectivity index (χ3v) is 6.54. The number of hydrogen-bond acceptors (Lipinski definition) is 5. The number of amides is 1. The number of ether oxygens (including phenoxy) is 1. The molecule has 2 aromatic rings. The Morgan fingerprint density at radius 2 is 1.73 bits per heavy atom. The fourth-order valence-electron chi connectivity index (χ4n) is 4.72. The maximum atomic E-state index is 13.6. The van der Waals surface area contributed by atoms with Gasteiger partial charge in [-0.25, -0.2) is 4.39 Å². The molecule has 4 rings (SSSR count). The van der Waals surface area contributed by atoms with E-state index in [-0.39, 0.29) is 5.78 Å². The third kappa shape index (κ3) is 4.89. The summed E-state index contributed by atoms with van der Waals surface area (Å²) in [6.07, 6.45) is 0.668. The minimum atomic E-state index is -1.15.